The van der Waals surface area contributed by atoms with Crippen LogP contribution < -0.4 is 5.73 Å². The van der Waals surface area contributed by atoms with Gasteiger partial charge in [-0.3, -0.25) is 4.79 Å². The summed E-state index contributed by atoms with van der Waals surface area (Å²) in [6.45, 7) is 0. The molecule has 0 aromatic carbocycles. The Kier molecular flexibility index (Phi) is 2.93. The number of hydrogen-bond acceptors (Lipinski definition) is 3. The van der Waals surface area contributed by atoms with Crippen LogP contribution in [0.15, 0.2) is 9.85 Å². The number of ketones is 1. The summed E-state index contributed by atoms with van der Waals surface area (Å²) in [5.74, 6) is 0.175. The Morgan fingerprint density at radius 1 is 1.67 bits per heavy atom. The molecule has 2 rings (SSSR count). The van der Waals surface area contributed by atoms with Crippen LogP contribution in [0.3, 0.4) is 0 Å². The maximum absolute atomic E-state index is 11.2. The maximum Gasteiger partial charge on any atom is 0.166 e. The number of rotatable bonds is 0. The van der Waals surface area contributed by atoms with Gasteiger partial charge in [-0.25, -0.2) is 0 Å². The molecule has 0 saturated heterocycles. The summed E-state index contributed by atoms with van der Waals surface area (Å²) >= 11 is 4.88. The average molecular weight is 269 g/mol. The van der Waals surface area contributed by atoms with Crippen LogP contribution in [0.2, 0.25) is 0 Å². The van der Waals surface area contributed by atoms with Crippen LogP contribution in [0.25, 0.3) is 0 Å². The number of fused-ring (bicyclic) bond motifs is 1. The molecule has 1 unspecified atom stereocenters. The molecule has 0 aliphatic heterocycles. The fraction of sp³-hybridized carbons (Fsp3) is 0.286. The van der Waals surface area contributed by atoms with E-state index in [1.165, 1.54) is 0 Å². The minimum Gasteiger partial charge on any atom is -0.323 e. The van der Waals surface area contributed by atoms with Crippen molar-refractivity contribution in [2.75, 3.05) is 0 Å². The number of nitrogens with two attached hydrogens (primary N) is 1. The fourth-order valence-corrected chi connectivity index (χ4v) is 2.93. The van der Waals surface area contributed by atoms with Crippen molar-refractivity contribution in [3.63, 3.8) is 0 Å². The molecular weight excluding hydrogens is 262 g/mol. The number of carbonyl (C=O) groups excluding carboxylic acids is 1. The van der Waals surface area contributed by atoms with E-state index in [0.29, 0.717) is 6.42 Å². The van der Waals surface area contributed by atoms with Gasteiger partial charge in [-0.2, -0.15) is 0 Å². The molecular formula is C7H7BrClNOS. The average Bonchev–Trinajstić information content (AvgIpc) is 2.38. The zero-order chi connectivity index (χ0) is 8.01. The second-order valence-corrected chi connectivity index (χ2v) is 5.03. The first kappa shape index (κ1) is 10.2. The van der Waals surface area contributed by atoms with Gasteiger partial charge in [0.25, 0.3) is 0 Å². The molecule has 0 bridgehead atoms. The van der Waals surface area contributed by atoms with E-state index in [0.717, 1.165) is 14.2 Å². The van der Waals surface area contributed by atoms with Crippen LogP contribution in [-0.4, -0.2) is 5.78 Å². The van der Waals surface area contributed by atoms with E-state index in [9.17, 15) is 4.79 Å². The van der Waals surface area contributed by atoms with Crippen LogP contribution >= 0.6 is 39.7 Å². The monoisotopic (exact) mass is 267 g/mol. The second-order valence-electron chi connectivity index (χ2n) is 2.56. The van der Waals surface area contributed by atoms with Crippen LogP contribution in [0.1, 0.15) is 27.7 Å². The molecule has 1 atom stereocenters. The molecule has 2 N–H and O–H groups in total. The van der Waals surface area contributed by atoms with E-state index in [4.69, 9.17) is 5.73 Å². The SMILES string of the molecule is Cl.NC1CC(=O)c2cc(Br)sc21. The van der Waals surface area contributed by atoms with E-state index in [1.807, 2.05) is 6.07 Å². The highest BCUT2D eigenvalue weighted by molar-refractivity contribution is 9.11. The van der Waals surface area contributed by atoms with Crippen LogP contribution in [0.5, 0.6) is 0 Å². The molecule has 1 aromatic rings. The molecule has 0 radical (unpaired) electrons. The highest BCUT2D eigenvalue weighted by Crippen LogP contribution is 2.38. The van der Waals surface area contributed by atoms with Crippen molar-refractivity contribution >= 4 is 45.5 Å². The highest BCUT2D eigenvalue weighted by atomic mass is 79.9. The summed E-state index contributed by atoms with van der Waals surface area (Å²) in [6, 6.07) is 1.80. The third-order valence-electron chi connectivity index (χ3n) is 1.77. The molecule has 1 aliphatic rings. The number of halogens is 2. The predicted octanol–water partition coefficient (Wildman–Crippen LogP) is 2.52. The Hall–Kier alpha value is 0.1000. The minimum atomic E-state index is -0.0613. The van der Waals surface area contributed by atoms with Crippen molar-refractivity contribution in [2.45, 2.75) is 12.5 Å². The Morgan fingerprint density at radius 3 is 2.92 bits per heavy atom. The topological polar surface area (TPSA) is 43.1 Å². The normalized spacial score (nSPS) is 20.5. The van der Waals surface area contributed by atoms with Gasteiger partial charge in [0.2, 0.25) is 0 Å². The quantitative estimate of drug-likeness (QED) is 0.786. The summed E-state index contributed by atoms with van der Waals surface area (Å²) in [5, 5.41) is 0. The minimum absolute atomic E-state index is 0. The molecule has 12 heavy (non-hydrogen) atoms. The Balaban J connectivity index is 0.000000720. The van der Waals surface area contributed by atoms with Gasteiger partial charge in [-0.15, -0.1) is 23.7 Å². The maximum atomic E-state index is 11.2. The molecule has 0 amide bonds. The zero-order valence-corrected chi connectivity index (χ0v) is 9.26. The fourth-order valence-electron chi connectivity index (χ4n) is 1.27. The van der Waals surface area contributed by atoms with E-state index in [-0.39, 0.29) is 24.2 Å². The van der Waals surface area contributed by atoms with E-state index in [2.05, 4.69) is 15.9 Å². The van der Waals surface area contributed by atoms with E-state index >= 15 is 0 Å². The zero-order valence-electron chi connectivity index (χ0n) is 6.04. The number of thiophene rings is 1. The molecule has 2 nitrogen and oxygen atoms in total. The molecule has 1 heterocycles. The molecule has 1 aliphatic carbocycles. The first-order valence-electron chi connectivity index (χ1n) is 3.26. The summed E-state index contributed by atoms with van der Waals surface area (Å²) < 4.78 is 0.992. The van der Waals surface area contributed by atoms with Crippen molar-refractivity contribution in [3.05, 3.63) is 20.3 Å². The summed E-state index contributed by atoms with van der Waals surface area (Å²) in [6.07, 6.45) is 0.481. The Labute approximate surface area is 88.7 Å². The third-order valence-corrected chi connectivity index (χ3v) is 3.54. The molecule has 0 spiro atoms. The lowest BCUT2D eigenvalue weighted by Gasteiger charge is -1.96. The molecule has 66 valence electrons. The Bertz CT molecular complexity index is 325. The summed E-state index contributed by atoms with van der Waals surface area (Å²) in [7, 11) is 0. The van der Waals surface area contributed by atoms with Gasteiger partial charge in [-0.05, 0) is 22.0 Å². The van der Waals surface area contributed by atoms with Gasteiger partial charge in [0, 0.05) is 22.9 Å². The van der Waals surface area contributed by atoms with Gasteiger partial charge in [-0.1, -0.05) is 0 Å². The summed E-state index contributed by atoms with van der Waals surface area (Å²) in [4.78, 5) is 12.2. The predicted molar refractivity (Wildman–Crippen MR) is 55.1 cm³/mol. The van der Waals surface area contributed by atoms with Crippen LogP contribution in [0, 0.1) is 0 Å². The lowest BCUT2D eigenvalue weighted by atomic mass is 10.2. The van der Waals surface area contributed by atoms with Crippen molar-refractivity contribution in [1.29, 1.82) is 0 Å². The first-order chi connectivity index (χ1) is 5.18. The van der Waals surface area contributed by atoms with Gasteiger partial charge in [0.1, 0.15) is 0 Å². The van der Waals surface area contributed by atoms with Gasteiger partial charge in [0.05, 0.1) is 3.79 Å². The molecule has 0 saturated carbocycles. The lowest BCUT2D eigenvalue weighted by molar-refractivity contribution is 0.0989. The molecule has 5 heteroatoms. The van der Waals surface area contributed by atoms with Gasteiger partial charge in [0.15, 0.2) is 5.78 Å². The Morgan fingerprint density at radius 2 is 2.33 bits per heavy atom. The van der Waals surface area contributed by atoms with Crippen molar-refractivity contribution in [3.8, 4) is 0 Å². The van der Waals surface area contributed by atoms with Crippen molar-refractivity contribution in [2.24, 2.45) is 5.73 Å². The van der Waals surface area contributed by atoms with Crippen molar-refractivity contribution in [1.82, 2.24) is 0 Å². The van der Waals surface area contributed by atoms with Crippen molar-refractivity contribution < 1.29 is 4.79 Å². The highest BCUT2D eigenvalue weighted by Gasteiger charge is 2.28. The first-order valence-corrected chi connectivity index (χ1v) is 4.87. The molecule has 1 aromatic heterocycles. The smallest absolute Gasteiger partial charge is 0.166 e. The van der Waals surface area contributed by atoms with E-state index < -0.39 is 0 Å². The standard InChI is InChI=1S/C7H6BrNOS.ClH/c8-6-1-3-5(10)2-4(9)7(3)11-6;/h1,4H,2,9H2;1H. The second kappa shape index (κ2) is 3.46. The summed E-state index contributed by atoms with van der Waals surface area (Å²) in [5.41, 5.74) is 6.53. The van der Waals surface area contributed by atoms with Gasteiger partial charge < -0.3 is 5.73 Å². The van der Waals surface area contributed by atoms with Crippen LogP contribution in [-0.2, 0) is 0 Å². The third kappa shape index (κ3) is 1.44. The molecule has 0 fully saturated rings. The number of carbonyl (C=O) groups is 1. The largest absolute Gasteiger partial charge is 0.323 e. The van der Waals surface area contributed by atoms with E-state index in [1.54, 1.807) is 11.3 Å². The van der Waals surface area contributed by atoms with Gasteiger partial charge >= 0.3 is 0 Å². The van der Waals surface area contributed by atoms with Crippen LogP contribution in [0.4, 0.5) is 0 Å². The number of Topliss-reactive ketones (excluding diaryl/α,β-unsaturated/α-hetero) is 1. The number of hydrogen-bond donors (Lipinski definition) is 1. The lowest BCUT2D eigenvalue weighted by Crippen LogP contribution is -2.04.